The van der Waals surface area contributed by atoms with Gasteiger partial charge in [-0.3, -0.25) is 4.68 Å². The van der Waals surface area contributed by atoms with Gasteiger partial charge in [0, 0.05) is 35.5 Å². The first-order chi connectivity index (χ1) is 14.6. The van der Waals surface area contributed by atoms with Gasteiger partial charge in [-0.1, -0.05) is 18.2 Å². The Labute approximate surface area is 179 Å². The fourth-order valence-corrected chi connectivity index (χ4v) is 5.12. The van der Waals surface area contributed by atoms with Crippen molar-refractivity contribution in [3.8, 4) is 11.1 Å². The van der Waals surface area contributed by atoms with Crippen LogP contribution in [0.25, 0.3) is 22.0 Å². The zero-order valence-electron chi connectivity index (χ0n) is 16.4. The van der Waals surface area contributed by atoms with Crippen molar-refractivity contribution >= 4 is 30.9 Å². The lowest BCUT2D eigenvalue weighted by Crippen LogP contribution is -2.26. The van der Waals surface area contributed by atoms with Gasteiger partial charge in [0.15, 0.2) is 0 Å². The first kappa shape index (κ1) is 21.2. The standard InChI is InChI=1S/C20H19FN4O4S2/c1-30(26,27)23-9-10-24-13-15(12-22-24)19-14-25(20-11-16(21)7-8-18(19)20)31(28,29)17-5-3-2-4-6-17/h2-8,11-14,23H,9-10H2,1H3. The molecule has 0 amide bonds. The van der Waals surface area contributed by atoms with Crippen molar-refractivity contribution in [2.75, 3.05) is 12.8 Å². The summed E-state index contributed by atoms with van der Waals surface area (Å²) in [5, 5.41) is 4.77. The van der Waals surface area contributed by atoms with Gasteiger partial charge in [-0.15, -0.1) is 0 Å². The second-order valence-electron chi connectivity index (χ2n) is 6.98. The van der Waals surface area contributed by atoms with E-state index < -0.39 is 25.9 Å². The first-order valence-electron chi connectivity index (χ1n) is 9.24. The second-order valence-corrected chi connectivity index (χ2v) is 10.6. The molecular weight excluding hydrogens is 443 g/mol. The van der Waals surface area contributed by atoms with Gasteiger partial charge in [-0.2, -0.15) is 5.10 Å². The van der Waals surface area contributed by atoms with E-state index in [0.717, 1.165) is 10.2 Å². The van der Waals surface area contributed by atoms with Crippen molar-refractivity contribution in [2.45, 2.75) is 11.4 Å². The fourth-order valence-electron chi connectivity index (χ4n) is 3.28. The van der Waals surface area contributed by atoms with E-state index in [0.29, 0.717) is 23.1 Å². The lowest BCUT2D eigenvalue weighted by atomic mass is 10.1. The van der Waals surface area contributed by atoms with Crippen LogP contribution < -0.4 is 4.72 Å². The summed E-state index contributed by atoms with van der Waals surface area (Å²) in [6.45, 7) is 0.456. The Hall–Kier alpha value is -3.02. The van der Waals surface area contributed by atoms with Gasteiger partial charge in [0.25, 0.3) is 10.0 Å². The maximum atomic E-state index is 14.0. The number of sulfonamides is 1. The fraction of sp³-hybridized carbons (Fsp3) is 0.150. The van der Waals surface area contributed by atoms with Crippen LogP contribution in [0.5, 0.6) is 0 Å². The predicted octanol–water partition coefficient (Wildman–Crippen LogP) is 2.43. The highest BCUT2D eigenvalue weighted by atomic mass is 32.2. The number of nitrogens with one attached hydrogen (secondary N) is 1. The Bertz CT molecular complexity index is 1460. The van der Waals surface area contributed by atoms with Crippen molar-refractivity contribution in [3.05, 3.63) is 72.9 Å². The van der Waals surface area contributed by atoms with Crippen LogP contribution in [-0.4, -0.2) is 43.4 Å². The molecule has 0 atom stereocenters. The average molecular weight is 463 g/mol. The normalized spacial score (nSPS) is 12.5. The molecule has 2 aromatic heterocycles. The molecule has 31 heavy (non-hydrogen) atoms. The summed E-state index contributed by atoms with van der Waals surface area (Å²) in [7, 11) is -7.26. The molecule has 0 saturated heterocycles. The molecule has 8 nitrogen and oxygen atoms in total. The molecular formula is C20H19FN4O4S2. The van der Waals surface area contributed by atoms with Gasteiger partial charge in [-0.25, -0.2) is 29.9 Å². The van der Waals surface area contributed by atoms with Gasteiger partial charge in [0.2, 0.25) is 10.0 Å². The molecule has 0 aliphatic rings. The third-order valence-electron chi connectivity index (χ3n) is 4.68. The molecule has 4 rings (SSSR count). The van der Waals surface area contributed by atoms with Crippen molar-refractivity contribution in [2.24, 2.45) is 0 Å². The minimum Gasteiger partial charge on any atom is -0.271 e. The molecule has 0 saturated carbocycles. The number of benzene rings is 2. The van der Waals surface area contributed by atoms with E-state index in [1.807, 2.05) is 0 Å². The lowest BCUT2D eigenvalue weighted by Gasteiger charge is -2.07. The van der Waals surface area contributed by atoms with E-state index in [-0.39, 0.29) is 17.0 Å². The topological polar surface area (TPSA) is 103 Å². The molecule has 2 aromatic carbocycles. The van der Waals surface area contributed by atoms with E-state index in [2.05, 4.69) is 9.82 Å². The second kappa shape index (κ2) is 7.91. The summed E-state index contributed by atoms with van der Waals surface area (Å²) in [5.74, 6) is -0.552. The van der Waals surface area contributed by atoms with Crippen molar-refractivity contribution in [3.63, 3.8) is 0 Å². The number of nitrogens with zero attached hydrogens (tertiary/aromatic N) is 3. The molecule has 2 heterocycles. The molecule has 11 heteroatoms. The molecule has 0 aliphatic carbocycles. The van der Waals surface area contributed by atoms with E-state index in [1.165, 1.54) is 36.5 Å². The Morgan fingerprint density at radius 3 is 2.48 bits per heavy atom. The van der Waals surface area contributed by atoms with Crippen LogP contribution >= 0.6 is 0 Å². The monoisotopic (exact) mass is 462 g/mol. The summed E-state index contributed by atoms with van der Waals surface area (Å²) in [6, 6.07) is 11.9. The minimum atomic E-state index is -3.95. The third kappa shape index (κ3) is 4.38. The zero-order valence-corrected chi connectivity index (χ0v) is 18.1. The number of fused-ring (bicyclic) bond motifs is 1. The van der Waals surface area contributed by atoms with Crippen LogP contribution in [0.4, 0.5) is 4.39 Å². The van der Waals surface area contributed by atoms with E-state index in [9.17, 15) is 21.2 Å². The van der Waals surface area contributed by atoms with Crippen molar-refractivity contribution in [1.82, 2.24) is 18.5 Å². The number of hydrogen-bond donors (Lipinski definition) is 1. The van der Waals surface area contributed by atoms with E-state index in [4.69, 9.17) is 0 Å². The highest BCUT2D eigenvalue weighted by Gasteiger charge is 2.22. The maximum Gasteiger partial charge on any atom is 0.268 e. The quantitative estimate of drug-likeness (QED) is 0.454. The smallest absolute Gasteiger partial charge is 0.268 e. The van der Waals surface area contributed by atoms with Gasteiger partial charge in [-0.05, 0) is 30.3 Å². The Morgan fingerprint density at radius 1 is 1.03 bits per heavy atom. The van der Waals surface area contributed by atoms with Gasteiger partial charge in [0.05, 0.1) is 29.4 Å². The summed E-state index contributed by atoms with van der Waals surface area (Å²) in [6.07, 6.45) is 5.75. The summed E-state index contributed by atoms with van der Waals surface area (Å²) in [4.78, 5) is 0.0882. The van der Waals surface area contributed by atoms with Crippen LogP contribution in [0.3, 0.4) is 0 Å². The van der Waals surface area contributed by atoms with Gasteiger partial charge < -0.3 is 0 Å². The van der Waals surface area contributed by atoms with Gasteiger partial charge >= 0.3 is 0 Å². The third-order valence-corrected chi connectivity index (χ3v) is 7.10. The molecule has 0 unspecified atom stereocenters. The highest BCUT2D eigenvalue weighted by molar-refractivity contribution is 7.90. The molecule has 1 N–H and O–H groups in total. The van der Waals surface area contributed by atoms with Crippen LogP contribution in [-0.2, 0) is 26.6 Å². The highest BCUT2D eigenvalue weighted by Crippen LogP contribution is 2.33. The molecule has 0 spiro atoms. The van der Waals surface area contributed by atoms with Gasteiger partial charge in [0.1, 0.15) is 5.82 Å². The Morgan fingerprint density at radius 2 is 1.77 bits per heavy atom. The van der Waals surface area contributed by atoms with Crippen LogP contribution in [0.2, 0.25) is 0 Å². The maximum absolute atomic E-state index is 14.0. The molecule has 0 aliphatic heterocycles. The van der Waals surface area contributed by atoms with Crippen LogP contribution in [0.1, 0.15) is 0 Å². The van der Waals surface area contributed by atoms with E-state index >= 15 is 0 Å². The predicted molar refractivity (Wildman–Crippen MR) is 115 cm³/mol. The largest absolute Gasteiger partial charge is 0.271 e. The number of hydrogen-bond acceptors (Lipinski definition) is 5. The minimum absolute atomic E-state index is 0.0882. The average Bonchev–Trinajstić information content (AvgIpc) is 3.32. The Kier molecular flexibility index (Phi) is 5.42. The SMILES string of the molecule is CS(=O)(=O)NCCn1cc(-c2cn(S(=O)(=O)c3ccccc3)c3cc(F)ccc23)cn1. The van der Waals surface area contributed by atoms with E-state index in [1.54, 1.807) is 35.3 Å². The zero-order chi connectivity index (χ0) is 22.2. The number of aromatic nitrogens is 3. The first-order valence-corrected chi connectivity index (χ1v) is 12.6. The van der Waals surface area contributed by atoms with Crippen molar-refractivity contribution in [1.29, 1.82) is 0 Å². The molecule has 0 bridgehead atoms. The molecule has 162 valence electrons. The lowest BCUT2D eigenvalue weighted by molar-refractivity contribution is 0.565. The summed E-state index contributed by atoms with van der Waals surface area (Å²) >= 11 is 0. The van der Waals surface area contributed by atoms with Crippen molar-refractivity contribution < 1.29 is 21.2 Å². The number of halogens is 1. The molecule has 0 radical (unpaired) electrons. The molecule has 4 aromatic rings. The summed E-state index contributed by atoms with van der Waals surface area (Å²) in [5.41, 5.74) is 1.40. The summed E-state index contributed by atoms with van der Waals surface area (Å²) < 4.78 is 67.8. The van der Waals surface area contributed by atoms with Crippen LogP contribution in [0, 0.1) is 5.82 Å². The Balaban J connectivity index is 1.77. The molecule has 0 fully saturated rings. The number of rotatable bonds is 7. The van der Waals surface area contributed by atoms with Crippen LogP contribution in [0.15, 0.2) is 72.0 Å².